The summed E-state index contributed by atoms with van der Waals surface area (Å²) in [5.41, 5.74) is 0. The molecule has 2 atom stereocenters. The van der Waals surface area contributed by atoms with Crippen molar-refractivity contribution in [3.63, 3.8) is 0 Å². The summed E-state index contributed by atoms with van der Waals surface area (Å²) < 4.78 is 0. The van der Waals surface area contributed by atoms with Gasteiger partial charge in [0, 0.05) is 25.6 Å². The Hall–Kier alpha value is -0.520. The molecular weight excluding hydrogens is 172 g/mol. The predicted molar refractivity (Wildman–Crippen MR) is 61.1 cm³/mol. The molecule has 1 heterocycles. The Morgan fingerprint density at radius 2 is 2.29 bits per heavy atom. The van der Waals surface area contributed by atoms with Gasteiger partial charge in [-0.1, -0.05) is 6.92 Å². The molecule has 0 amide bonds. The highest BCUT2D eigenvalue weighted by Crippen LogP contribution is 2.14. The van der Waals surface area contributed by atoms with Crippen molar-refractivity contribution in [1.82, 2.24) is 10.2 Å². The smallest absolute Gasteiger partial charge is 0.0214 e. The van der Waals surface area contributed by atoms with E-state index in [4.69, 9.17) is 0 Å². The van der Waals surface area contributed by atoms with Gasteiger partial charge in [-0.3, -0.25) is 0 Å². The van der Waals surface area contributed by atoms with E-state index in [0.717, 1.165) is 18.9 Å². The molecule has 2 nitrogen and oxygen atoms in total. The van der Waals surface area contributed by atoms with Gasteiger partial charge in [-0.2, -0.15) is 0 Å². The van der Waals surface area contributed by atoms with Gasteiger partial charge in [0.25, 0.3) is 0 Å². The number of rotatable bonds is 3. The monoisotopic (exact) mass is 194 g/mol. The molecule has 0 aromatic carbocycles. The van der Waals surface area contributed by atoms with Crippen molar-refractivity contribution >= 4 is 0 Å². The highest BCUT2D eigenvalue weighted by molar-refractivity contribution is 4.95. The first-order valence-corrected chi connectivity index (χ1v) is 5.55. The number of piperidine rings is 1. The molecule has 1 N–H and O–H groups in total. The first-order valence-electron chi connectivity index (χ1n) is 5.55. The van der Waals surface area contributed by atoms with E-state index in [1.54, 1.807) is 0 Å². The zero-order valence-electron chi connectivity index (χ0n) is 9.64. The van der Waals surface area contributed by atoms with E-state index in [-0.39, 0.29) is 0 Å². The third-order valence-electron chi connectivity index (χ3n) is 2.94. The van der Waals surface area contributed by atoms with Gasteiger partial charge in [-0.05, 0) is 32.9 Å². The van der Waals surface area contributed by atoms with E-state index in [1.807, 2.05) is 6.92 Å². The molecule has 2 unspecified atom stereocenters. The first kappa shape index (κ1) is 11.6. The normalized spacial score (nSPS) is 28.2. The van der Waals surface area contributed by atoms with Gasteiger partial charge in [0.2, 0.25) is 0 Å². The molecule has 0 radical (unpaired) electrons. The number of hydrogen-bond donors (Lipinski definition) is 1. The summed E-state index contributed by atoms with van der Waals surface area (Å²) >= 11 is 0. The van der Waals surface area contributed by atoms with E-state index in [9.17, 15) is 0 Å². The Labute approximate surface area is 88.1 Å². The molecule has 1 aliphatic heterocycles. The maximum atomic E-state index is 3.60. The van der Waals surface area contributed by atoms with Gasteiger partial charge < -0.3 is 10.2 Å². The molecule has 0 aromatic heterocycles. The Bertz CT molecular complexity index is 214. The second-order valence-corrected chi connectivity index (χ2v) is 4.27. The lowest BCUT2D eigenvalue weighted by Crippen LogP contribution is -2.47. The van der Waals surface area contributed by atoms with Gasteiger partial charge in [0.15, 0.2) is 0 Å². The molecule has 0 bridgehead atoms. The van der Waals surface area contributed by atoms with Crippen molar-refractivity contribution in [2.45, 2.75) is 32.7 Å². The molecule has 14 heavy (non-hydrogen) atoms. The van der Waals surface area contributed by atoms with Crippen LogP contribution >= 0.6 is 0 Å². The lowest BCUT2D eigenvalue weighted by Gasteiger charge is -2.35. The number of hydrogen-bond acceptors (Lipinski definition) is 2. The average molecular weight is 194 g/mol. The van der Waals surface area contributed by atoms with Gasteiger partial charge in [-0.15, -0.1) is 11.8 Å². The van der Waals surface area contributed by atoms with E-state index in [2.05, 4.69) is 36.0 Å². The van der Waals surface area contributed by atoms with Crippen LogP contribution in [0.1, 0.15) is 26.7 Å². The van der Waals surface area contributed by atoms with Crippen LogP contribution in [0, 0.1) is 17.8 Å². The van der Waals surface area contributed by atoms with Gasteiger partial charge >= 0.3 is 0 Å². The Morgan fingerprint density at radius 3 is 2.93 bits per heavy atom. The zero-order chi connectivity index (χ0) is 10.4. The van der Waals surface area contributed by atoms with Gasteiger partial charge in [0.05, 0.1) is 0 Å². The van der Waals surface area contributed by atoms with E-state index >= 15 is 0 Å². The van der Waals surface area contributed by atoms with Crippen LogP contribution in [0.3, 0.4) is 0 Å². The van der Waals surface area contributed by atoms with Crippen molar-refractivity contribution in [2.24, 2.45) is 5.92 Å². The quantitative estimate of drug-likeness (QED) is 0.538. The molecule has 0 aromatic rings. The van der Waals surface area contributed by atoms with Crippen LogP contribution in [0.2, 0.25) is 0 Å². The molecule has 0 aliphatic carbocycles. The summed E-state index contributed by atoms with van der Waals surface area (Å²) in [6.45, 7) is 7.72. The summed E-state index contributed by atoms with van der Waals surface area (Å²) in [7, 11) is 2.20. The molecule has 80 valence electrons. The van der Waals surface area contributed by atoms with Crippen LogP contribution in [0.15, 0.2) is 0 Å². The number of nitrogens with zero attached hydrogens (tertiary/aromatic N) is 1. The third kappa shape index (κ3) is 3.69. The molecule has 1 rings (SSSR count). The lowest BCUT2D eigenvalue weighted by atomic mass is 9.94. The van der Waals surface area contributed by atoms with Crippen LogP contribution in [0.4, 0.5) is 0 Å². The van der Waals surface area contributed by atoms with E-state index < -0.39 is 0 Å². The standard InChI is InChI=1S/C12H22N2/c1-4-5-6-8-13-12-7-9-14(3)10-11(12)2/h11-13H,6-10H2,1-3H3. The largest absolute Gasteiger partial charge is 0.313 e. The molecule has 2 heteroatoms. The summed E-state index contributed by atoms with van der Waals surface area (Å²) in [5.74, 6) is 6.78. The van der Waals surface area contributed by atoms with E-state index in [1.165, 1.54) is 19.5 Å². The summed E-state index contributed by atoms with van der Waals surface area (Å²) in [6.07, 6.45) is 2.26. The van der Waals surface area contributed by atoms with Gasteiger partial charge in [-0.25, -0.2) is 0 Å². The highest BCUT2D eigenvalue weighted by atomic mass is 15.1. The SMILES string of the molecule is CC#CCCNC1CCN(C)CC1C. The highest BCUT2D eigenvalue weighted by Gasteiger charge is 2.22. The molecule has 0 spiro atoms. The van der Waals surface area contributed by atoms with Crippen LogP contribution in [-0.2, 0) is 0 Å². The summed E-state index contributed by atoms with van der Waals surface area (Å²) in [4.78, 5) is 2.41. The second-order valence-electron chi connectivity index (χ2n) is 4.27. The minimum absolute atomic E-state index is 0.699. The molecular formula is C12H22N2. The minimum Gasteiger partial charge on any atom is -0.313 e. The maximum absolute atomic E-state index is 3.60. The fourth-order valence-corrected chi connectivity index (χ4v) is 2.10. The minimum atomic E-state index is 0.699. The van der Waals surface area contributed by atoms with Crippen molar-refractivity contribution in [3.05, 3.63) is 0 Å². The second kappa shape index (κ2) is 6.06. The van der Waals surface area contributed by atoms with Crippen molar-refractivity contribution < 1.29 is 0 Å². The maximum Gasteiger partial charge on any atom is 0.0214 e. The van der Waals surface area contributed by atoms with Crippen LogP contribution in [0.25, 0.3) is 0 Å². The number of nitrogens with one attached hydrogen (secondary N) is 1. The van der Waals surface area contributed by atoms with Crippen molar-refractivity contribution in [1.29, 1.82) is 0 Å². The molecule has 0 saturated carbocycles. The lowest BCUT2D eigenvalue weighted by molar-refractivity contribution is 0.176. The predicted octanol–water partition coefficient (Wildman–Crippen LogP) is 1.33. The zero-order valence-corrected chi connectivity index (χ0v) is 9.64. The van der Waals surface area contributed by atoms with Crippen LogP contribution in [0.5, 0.6) is 0 Å². The number of likely N-dealkylation sites (tertiary alicyclic amines) is 1. The van der Waals surface area contributed by atoms with Crippen molar-refractivity contribution in [3.8, 4) is 11.8 Å². The van der Waals surface area contributed by atoms with E-state index in [0.29, 0.717) is 6.04 Å². The van der Waals surface area contributed by atoms with Crippen molar-refractivity contribution in [2.75, 3.05) is 26.7 Å². The fraction of sp³-hybridized carbons (Fsp3) is 0.833. The third-order valence-corrected chi connectivity index (χ3v) is 2.94. The first-order chi connectivity index (χ1) is 6.74. The fourth-order valence-electron chi connectivity index (χ4n) is 2.10. The van der Waals surface area contributed by atoms with Gasteiger partial charge in [0.1, 0.15) is 0 Å². The van der Waals surface area contributed by atoms with Crippen LogP contribution in [-0.4, -0.2) is 37.6 Å². The summed E-state index contributed by atoms with van der Waals surface area (Å²) in [6, 6.07) is 0.699. The Balaban J connectivity index is 2.19. The Morgan fingerprint density at radius 1 is 1.50 bits per heavy atom. The topological polar surface area (TPSA) is 15.3 Å². The average Bonchev–Trinajstić information content (AvgIpc) is 2.15. The summed E-state index contributed by atoms with van der Waals surface area (Å²) in [5, 5.41) is 3.60. The molecule has 1 fully saturated rings. The molecule has 1 aliphatic rings. The Kier molecular flexibility index (Phi) is 5.00. The van der Waals surface area contributed by atoms with Crippen LogP contribution < -0.4 is 5.32 Å². The molecule has 1 saturated heterocycles.